The number of carbonyl (C=O) groups excluding carboxylic acids is 3. The molecule has 3 amide bonds. The number of imide groups is 1. The highest BCUT2D eigenvalue weighted by Crippen LogP contribution is 2.34. The number of amides is 3. The van der Waals surface area contributed by atoms with E-state index in [0.717, 1.165) is 16.7 Å². The van der Waals surface area contributed by atoms with Crippen LogP contribution in [0.2, 0.25) is 0 Å². The van der Waals surface area contributed by atoms with Crippen molar-refractivity contribution in [3.05, 3.63) is 58.8 Å². The number of thioether (sulfide) groups is 1. The summed E-state index contributed by atoms with van der Waals surface area (Å²) in [4.78, 5) is 38.1. The number of halogens is 1. The third-order valence-corrected chi connectivity index (χ3v) is 5.01. The average molecular weight is 440 g/mol. The van der Waals surface area contributed by atoms with Gasteiger partial charge in [-0.3, -0.25) is 19.3 Å². The Labute approximate surface area is 182 Å². The maximum atomic E-state index is 13.0. The van der Waals surface area contributed by atoms with Gasteiger partial charge < -0.3 is 14.8 Å². The van der Waals surface area contributed by atoms with Crippen LogP contribution in [0.4, 0.5) is 14.9 Å². The molecule has 9 heteroatoms. The zero-order valence-corrected chi connectivity index (χ0v) is 17.2. The van der Waals surface area contributed by atoms with Crippen LogP contribution < -0.4 is 14.8 Å². The predicted octanol–water partition coefficient (Wildman–Crippen LogP) is 3.52. The number of rotatable bonds is 7. The first-order valence-electron chi connectivity index (χ1n) is 8.96. The maximum absolute atomic E-state index is 13.0. The fourth-order valence-electron chi connectivity index (χ4n) is 2.68. The largest absolute Gasteiger partial charge is 0.493 e. The highest BCUT2D eigenvalue weighted by Gasteiger charge is 2.36. The molecule has 1 aliphatic heterocycles. The lowest BCUT2D eigenvalue weighted by molar-refractivity contribution is -0.127. The molecule has 31 heavy (non-hydrogen) atoms. The highest BCUT2D eigenvalue weighted by atomic mass is 32.2. The summed E-state index contributed by atoms with van der Waals surface area (Å²) in [6.07, 6.45) is 6.71. The van der Waals surface area contributed by atoms with Crippen LogP contribution in [0.1, 0.15) is 5.56 Å². The van der Waals surface area contributed by atoms with Crippen molar-refractivity contribution in [2.24, 2.45) is 0 Å². The first kappa shape index (κ1) is 21.9. The van der Waals surface area contributed by atoms with Gasteiger partial charge in [0.05, 0.1) is 12.0 Å². The van der Waals surface area contributed by atoms with Crippen molar-refractivity contribution in [2.75, 3.05) is 25.6 Å². The minimum Gasteiger partial charge on any atom is -0.493 e. The highest BCUT2D eigenvalue weighted by molar-refractivity contribution is 8.18. The Morgan fingerprint density at radius 1 is 1.23 bits per heavy atom. The second-order valence-electron chi connectivity index (χ2n) is 6.23. The van der Waals surface area contributed by atoms with Crippen molar-refractivity contribution in [2.45, 2.75) is 0 Å². The van der Waals surface area contributed by atoms with E-state index >= 15 is 0 Å². The van der Waals surface area contributed by atoms with Gasteiger partial charge in [-0.1, -0.05) is 12.0 Å². The molecule has 3 rings (SSSR count). The quantitative estimate of drug-likeness (QED) is 0.524. The van der Waals surface area contributed by atoms with E-state index in [-0.39, 0.29) is 11.5 Å². The predicted molar refractivity (Wildman–Crippen MR) is 115 cm³/mol. The monoisotopic (exact) mass is 440 g/mol. The summed E-state index contributed by atoms with van der Waals surface area (Å²) in [6.45, 7) is -0.379. The molecule has 1 saturated heterocycles. The Kier molecular flexibility index (Phi) is 6.95. The Bertz CT molecular complexity index is 1090. The van der Waals surface area contributed by atoms with Gasteiger partial charge in [-0.15, -0.1) is 6.42 Å². The molecule has 2 aromatic rings. The molecule has 0 aromatic heterocycles. The number of nitrogens with zero attached hydrogens (tertiary/aromatic N) is 1. The number of anilines is 1. The number of methoxy groups -OCH3 is 1. The smallest absolute Gasteiger partial charge is 0.294 e. The van der Waals surface area contributed by atoms with E-state index in [1.165, 1.54) is 37.5 Å². The third-order valence-electron chi connectivity index (χ3n) is 4.10. The van der Waals surface area contributed by atoms with Crippen molar-refractivity contribution < 1.29 is 28.2 Å². The van der Waals surface area contributed by atoms with Gasteiger partial charge in [0.1, 0.15) is 19.0 Å². The molecule has 0 aliphatic carbocycles. The molecule has 1 heterocycles. The molecule has 0 bridgehead atoms. The van der Waals surface area contributed by atoms with Crippen LogP contribution in [-0.2, 0) is 9.59 Å². The van der Waals surface area contributed by atoms with Crippen LogP contribution in [0.3, 0.4) is 0 Å². The summed E-state index contributed by atoms with van der Waals surface area (Å²) in [6, 6.07) is 10.1. The molecule has 7 nitrogen and oxygen atoms in total. The van der Waals surface area contributed by atoms with E-state index in [9.17, 15) is 18.8 Å². The van der Waals surface area contributed by atoms with Crippen LogP contribution in [0.15, 0.2) is 47.4 Å². The SMILES string of the molecule is C#CCOc1ccc(/C=C2\SC(=O)N(CC(=O)Nc3ccc(F)cc3)C2=O)cc1OC. The molecule has 1 aliphatic rings. The molecule has 2 aromatic carbocycles. The first-order chi connectivity index (χ1) is 14.9. The first-order valence-corrected chi connectivity index (χ1v) is 9.78. The number of hydrogen-bond acceptors (Lipinski definition) is 6. The van der Waals surface area contributed by atoms with E-state index in [4.69, 9.17) is 15.9 Å². The van der Waals surface area contributed by atoms with Crippen molar-refractivity contribution in [3.8, 4) is 23.8 Å². The van der Waals surface area contributed by atoms with Crippen LogP contribution >= 0.6 is 11.8 Å². The fraction of sp³-hybridized carbons (Fsp3) is 0.136. The lowest BCUT2D eigenvalue weighted by Gasteiger charge is -2.12. The van der Waals surface area contributed by atoms with Gasteiger partial charge in [0.25, 0.3) is 11.1 Å². The molecule has 0 unspecified atom stereocenters. The number of carbonyl (C=O) groups is 3. The van der Waals surface area contributed by atoms with E-state index in [1.807, 2.05) is 0 Å². The second-order valence-corrected chi connectivity index (χ2v) is 7.22. The molecule has 0 radical (unpaired) electrons. The second kappa shape index (κ2) is 9.82. The molecule has 1 fully saturated rings. The molecular formula is C22H17FN2O5S. The Morgan fingerprint density at radius 2 is 1.97 bits per heavy atom. The van der Waals surface area contributed by atoms with Gasteiger partial charge in [0.15, 0.2) is 11.5 Å². The summed E-state index contributed by atoms with van der Waals surface area (Å²) < 4.78 is 23.6. The Balaban J connectivity index is 1.70. The van der Waals surface area contributed by atoms with Crippen LogP contribution in [-0.4, -0.2) is 42.2 Å². The molecule has 0 atom stereocenters. The van der Waals surface area contributed by atoms with Crippen molar-refractivity contribution >= 4 is 40.6 Å². The Morgan fingerprint density at radius 3 is 2.65 bits per heavy atom. The summed E-state index contributed by atoms with van der Waals surface area (Å²) in [5.41, 5.74) is 0.958. The number of nitrogens with one attached hydrogen (secondary N) is 1. The number of terminal acetylenes is 1. The van der Waals surface area contributed by atoms with Crippen molar-refractivity contribution in [3.63, 3.8) is 0 Å². The summed E-state index contributed by atoms with van der Waals surface area (Å²) in [5.74, 6) is 1.62. The van der Waals surface area contributed by atoms with Crippen LogP contribution in [0.5, 0.6) is 11.5 Å². The van der Waals surface area contributed by atoms with Crippen LogP contribution in [0.25, 0.3) is 6.08 Å². The van der Waals surface area contributed by atoms with E-state index in [2.05, 4.69) is 11.2 Å². The number of benzene rings is 2. The minimum atomic E-state index is -0.587. The van der Waals surface area contributed by atoms with Gasteiger partial charge in [-0.25, -0.2) is 4.39 Å². The van der Waals surface area contributed by atoms with E-state index in [0.29, 0.717) is 22.7 Å². The van der Waals surface area contributed by atoms with Crippen molar-refractivity contribution in [1.82, 2.24) is 4.90 Å². The maximum Gasteiger partial charge on any atom is 0.294 e. The summed E-state index contributed by atoms with van der Waals surface area (Å²) >= 11 is 0.729. The molecule has 158 valence electrons. The van der Waals surface area contributed by atoms with Gasteiger partial charge in [0, 0.05) is 5.69 Å². The normalized spacial score (nSPS) is 14.5. The van der Waals surface area contributed by atoms with Crippen LogP contribution in [0, 0.1) is 18.2 Å². The van der Waals surface area contributed by atoms with E-state index in [1.54, 1.807) is 18.2 Å². The lowest BCUT2D eigenvalue weighted by atomic mass is 10.2. The zero-order chi connectivity index (χ0) is 22.4. The summed E-state index contributed by atoms with van der Waals surface area (Å²) in [7, 11) is 1.47. The number of hydrogen-bond donors (Lipinski definition) is 1. The molecule has 1 N–H and O–H groups in total. The van der Waals surface area contributed by atoms with Gasteiger partial charge in [-0.2, -0.15) is 0 Å². The third kappa shape index (κ3) is 5.43. The fourth-order valence-corrected chi connectivity index (χ4v) is 3.52. The standard InChI is InChI=1S/C22H17FN2O5S/c1-3-10-30-17-9-4-14(11-18(17)29-2)12-19-21(27)25(22(28)31-19)13-20(26)24-16-7-5-15(23)6-8-16/h1,4-9,11-12H,10,13H2,2H3,(H,24,26)/b19-12-. The summed E-state index contributed by atoms with van der Waals surface area (Å²) in [5, 5.41) is 1.95. The van der Waals surface area contributed by atoms with Gasteiger partial charge >= 0.3 is 0 Å². The Hall–Kier alpha value is -3.77. The zero-order valence-electron chi connectivity index (χ0n) is 16.4. The topological polar surface area (TPSA) is 84.9 Å². The molecule has 0 saturated carbocycles. The lowest BCUT2D eigenvalue weighted by Crippen LogP contribution is -2.36. The van der Waals surface area contributed by atoms with Crippen molar-refractivity contribution in [1.29, 1.82) is 0 Å². The average Bonchev–Trinajstić information content (AvgIpc) is 3.01. The van der Waals surface area contributed by atoms with Gasteiger partial charge in [0.2, 0.25) is 5.91 Å². The molecule has 0 spiro atoms. The molecular weight excluding hydrogens is 423 g/mol. The van der Waals surface area contributed by atoms with E-state index < -0.39 is 29.4 Å². The number of ether oxygens (including phenoxy) is 2. The minimum absolute atomic E-state index is 0.0780. The van der Waals surface area contributed by atoms with Gasteiger partial charge in [-0.05, 0) is 59.8 Å².